The lowest BCUT2D eigenvalue weighted by molar-refractivity contribution is 0.172. The van der Waals surface area contributed by atoms with Gasteiger partial charge >= 0.3 is 6.03 Å². The van der Waals surface area contributed by atoms with Crippen molar-refractivity contribution in [2.24, 2.45) is 0 Å². The van der Waals surface area contributed by atoms with Crippen LogP contribution in [0, 0.1) is 0 Å². The SMILES string of the molecule is CN(C)c1ccc(C(O)CNC(=O)NC2CCCC2)cc1. The Kier molecular flexibility index (Phi) is 5.44. The van der Waals surface area contributed by atoms with Crippen molar-refractivity contribution in [1.82, 2.24) is 10.6 Å². The molecule has 5 nitrogen and oxygen atoms in total. The molecule has 1 aliphatic carbocycles. The number of benzene rings is 1. The molecule has 0 aliphatic heterocycles. The van der Waals surface area contributed by atoms with Gasteiger partial charge in [-0.1, -0.05) is 25.0 Å². The molecule has 1 aromatic carbocycles. The monoisotopic (exact) mass is 291 g/mol. The molecule has 2 amide bonds. The molecule has 21 heavy (non-hydrogen) atoms. The van der Waals surface area contributed by atoms with E-state index >= 15 is 0 Å². The lowest BCUT2D eigenvalue weighted by Gasteiger charge is -2.17. The summed E-state index contributed by atoms with van der Waals surface area (Å²) in [5, 5.41) is 15.8. The lowest BCUT2D eigenvalue weighted by atomic mass is 10.1. The number of hydrogen-bond donors (Lipinski definition) is 3. The first-order valence-corrected chi connectivity index (χ1v) is 7.56. The van der Waals surface area contributed by atoms with E-state index in [9.17, 15) is 9.90 Å². The Morgan fingerprint density at radius 3 is 2.48 bits per heavy atom. The number of carbonyl (C=O) groups is 1. The van der Waals surface area contributed by atoms with E-state index in [1.807, 2.05) is 43.3 Å². The molecule has 0 radical (unpaired) electrons. The van der Waals surface area contributed by atoms with Crippen molar-refractivity contribution in [3.05, 3.63) is 29.8 Å². The molecule has 0 saturated heterocycles. The largest absolute Gasteiger partial charge is 0.387 e. The summed E-state index contributed by atoms with van der Waals surface area (Å²) < 4.78 is 0. The Morgan fingerprint density at radius 2 is 1.90 bits per heavy atom. The number of aliphatic hydroxyl groups excluding tert-OH is 1. The van der Waals surface area contributed by atoms with E-state index in [0.29, 0.717) is 6.04 Å². The van der Waals surface area contributed by atoms with Gasteiger partial charge in [0.15, 0.2) is 0 Å². The summed E-state index contributed by atoms with van der Waals surface area (Å²) in [6, 6.07) is 7.79. The highest BCUT2D eigenvalue weighted by Crippen LogP contribution is 2.18. The second kappa shape index (κ2) is 7.31. The maximum Gasteiger partial charge on any atom is 0.315 e. The molecule has 0 heterocycles. The van der Waals surface area contributed by atoms with Gasteiger partial charge in [0.2, 0.25) is 0 Å². The van der Waals surface area contributed by atoms with Crippen LogP contribution in [0.5, 0.6) is 0 Å². The van der Waals surface area contributed by atoms with Crippen molar-refractivity contribution in [1.29, 1.82) is 0 Å². The molecule has 1 unspecified atom stereocenters. The summed E-state index contributed by atoms with van der Waals surface area (Å²) in [7, 11) is 3.95. The number of nitrogens with zero attached hydrogens (tertiary/aromatic N) is 1. The van der Waals surface area contributed by atoms with Crippen LogP contribution in [-0.2, 0) is 0 Å². The van der Waals surface area contributed by atoms with E-state index < -0.39 is 6.10 Å². The van der Waals surface area contributed by atoms with E-state index in [1.54, 1.807) is 0 Å². The number of anilines is 1. The molecule has 2 rings (SSSR count). The number of amides is 2. The van der Waals surface area contributed by atoms with Gasteiger partial charge in [-0.2, -0.15) is 0 Å². The maximum atomic E-state index is 11.7. The summed E-state index contributed by atoms with van der Waals surface area (Å²) in [5.41, 5.74) is 1.89. The molecular formula is C16H25N3O2. The fourth-order valence-corrected chi connectivity index (χ4v) is 2.61. The van der Waals surface area contributed by atoms with Gasteiger partial charge in [0.1, 0.15) is 0 Å². The predicted octanol–water partition coefficient (Wildman–Crippen LogP) is 2.03. The smallest absolute Gasteiger partial charge is 0.315 e. The Labute approximate surface area is 126 Å². The molecule has 1 saturated carbocycles. The van der Waals surface area contributed by atoms with Gasteiger partial charge in [-0.3, -0.25) is 0 Å². The zero-order valence-corrected chi connectivity index (χ0v) is 12.8. The minimum Gasteiger partial charge on any atom is -0.387 e. The minimum atomic E-state index is -0.685. The number of rotatable bonds is 5. The third kappa shape index (κ3) is 4.63. The van der Waals surface area contributed by atoms with Crippen LogP contribution in [0.1, 0.15) is 37.4 Å². The van der Waals surface area contributed by atoms with Crippen LogP contribution in [0.25, 0.3) is 0 Å². The molecule has 0 aromatic heterocycles. The molecule has 116 valence electrons. The summed E-state index contributed by atoms with van der Waals surface area (Å²) in [6.07, 6.45) is 3.80. The Balaban J connectivity index is 1.77. The zero-order chi connectivity index (χ0) is 15.2. The summed E-state index contributed by atoms with van der Waals surface area (Å²) in [4.78, 5) is 13.7. The van der Waals surface area contributed by atoms with E-state index in [0.717, 1.165) is 24.1 Å². The van der Waals surface area contributed by atoms with E-state index in [1.165, 1.54) is 12.8 Å². The predicted molar refractivity (Wildman–Crippen MR) is 84.5 cm³/mol. The van der Waals surface area contributed by atoms with Crippen molar-refractivity contribution in [3.8, 4) is 0 Å². The quantitative estimate of drug-likeness (QED) is 0.778. The van der Waals surface area contributed by atoms with Crippen LogP contribution >= 0.6 is 0 Å². The van der Waals surface area contributed by atoms with Gasteiger partial charge in [-0.25, -0.2) is 4.79 Å². The van der Waals surface area contributed by atoms with Gasteiger partial charge < -0.3 is 20.6 Å². The molecule has 1 aromatic rings. The van der Waals surface area contributed by atoms with E-state index in [2.05, 4.69) is 10.6 Å². The number of aliphatic hydroxyl groups is 1. The van der Waals surface area contributed by atoms with Gasteiger partial charge in [0.05, 0.1) is 6.10 Å². The van der Waals surface area contributed by atoms with Crippen molar-refractivity contribution >= 4 is 11.7 Å². The molecule has 1 atom stereocenters. The van der Waals surface area contributed by atoms with Crippen LogP contribution in [0.15, 0.2) is 24.3 Å². The van der Waals surface area contributed by atoms with Crippen molar-refractivity contribution < 1.29 is 9.90 Å². The Bertz CT molecular complexity index is 453. The van der Waals surface area contributed by atoms with Crippen LogP contribution in [0.3, 0.4) is 0 Å². The maximum absolute atomic E-state index is 11.7. The summed E-state index contributed by atoms with van der Waals surface area (Å²) >= 11 is 0. The molecular weight excluding hydrogens is 266 g/mol. The standard InChI is InChI=1S/C16H25N3O2/c1-19(2)14-9-7-12(8-10-14)15(20)11-17-16(21)18-13-5-3-4-6-13/h7-10,13,15,20H,3-6,11H2,1-2H3,(H2,17,18,21). The van der Waals surface area contributed by atoms with Crippen molar-refractivity contribution in [2.75, 3.05) is 25.5 Å². The number of carbonyl (C=O) groups excluding carboxylic acids is 1. The van der Waals surface area contributed by atoms with Crippen LogP contribution < -0.4 is 15.5 Å². The molecule has 3 N–H and O–H groups in total. The zero-order valence-electron chi connectivity index (χ0n) is 12.8. The van der Waals surface area contributed by atoms with Crippen LogP contribution in [0.2, 0.25) is 0 Å². The van der Waals surface area contributed by atoms with E-state index in [4.69, 9.17) is 0 Å². The molecule has 0 spiro atoms. The molecule has 5 heteroatoms. The van der Waals surface area contributed by atoms with Gasteiger partial charge in [0, 0.05) is 32.4 Å². The lowest BCUT2D eigenvalue weighted by Crippen LogP contribution is -2.42. The number of hydrogen-bond acceptors (Lipinski definition) is 3. The minimum absolute atomic E-state index is 0.189. The topological polar surface area (TPSA) is 64.6 Å². The van der Waals surface area contributed by atoms with Gasteiger partial charge in [-0.05, 0) is 30.5 Å². The first-order valence-electron chi connectivity index (χ1n) is 7.56. The summed E-state index contributed by atoms with van der Waals surface area (Å²) in [5.74, 6) is 0. The molecule has 0 bridgehead atoms. The Morgan fingerprint density at radius 1 is 1.29 bits per heavy atom. The van der Waals surface area contributed by atoms with E-state index in [-0.39, 0.29) is 12.6 Å². The average molecular weight is 291 g/mol. The summed E-state index contributed by atoms with van der Waals surface area (Å²) in [6.45, 7) is 0.222. The molecule has 1 aliphatic rings. The van der Waals surface area contributed by atoms with Crippen molar-refractivity contribution in [2.45, 2.75) is 37.8 Å². The first-order chi connectivity index (χ1) is 10.1. The third-order valence-electron chi connectivity index (χ3n) is 3.94. The first kappa shape index (κ1) is 15.6. The molecule has 1 fully saturated rings. The fourth-order valence-electron chi connectivity index (χ4n) is 2.61. The van der Waals surface area contributed by atoms with Crippen LogP contribution in [-0.4, -0.2) is 37.8 Å². The second-order valence-corrected chi connectivity index (χ2v) is 5.84. The highest BCUT2D eigenvalue weighted by Gasteiger charge is 2.17. The van der Waals surface area contributed by atoms with Crippen LogP contribution in [0.4, 0.5) is 10.5 Å². The van der Waals surface area contributed by atoms with Gasteiger partial charge in [-0.15, -0.1) is 0 Å². The number of urea groups is 1. The van der Waals surface area contributed by atoms with Gasteiger partial charge in [0.25, 0.3) is 0 Å². The third-order valence-corrected chi connectivity index (χ3v) is 3.94. The highest BCUT2D eigenvalue weighted by molar-refractivity contribution is 5.74. The fraction of sp³-hybridized carbons (Fsp3) is 0.562. The average Bonchev–Trinajstić information content (AvgIpc) is 2.97. The number of nitrogens with one attached hydrogen (secondary N) is 2. The second-order valence-electron chi connectivity index (χ2n) is 5.84. The normalized spacial score (nSPS) is 16.5. The highest BCUT2D eigenvalue weighted by atomic mass is 16.3. The van der Waals surface area contributed by atoms with Crippen molar-refractivity contribution in [3.63, 3.8) is 0 Å². The Hall–Kier alpha value is -1.75.